The number of nitrogens with zero attached hydrogens (tertiary/aromatic N) is 1. The summed E-state index contributed by atoms with van der Waals surface area (Å²) in [6.07, 6.45) is 4.79. The molecule has 7 nitrogen and oxygen atoms in total. The van der Waals surface area contributed by atoms with Gasteiger partial charge in [-0.15, -0.1) is 11.3 Å². The zero-order valence-electron chi connectivity index (χ0n) is 19.5. The molecule has 2 heterocycles. The second-order valence-corrected chi connectivity index (χ2v) is 10.7. The largest absolute Gasteiger partial charge is 0.462 e. The van der Waals surface area contributed by atoms with Crippen LogP contribution in [0.4, 0.5) is 5.00 Å². The van der Waals surface area contributed by atoms with Crippen LogP contribution in [0.1, 0.15) is 68.2 Å². The SMILES string of the molecule is CCOC(=O)c1c(NC(=O)[C@@H](CCSC)N2C(=O)c3ccccc3C2=O)sc2c1CC[C@@H](C)C2. The number of hydrogen-bond donors (Lipinski definition) is 1. The maximum absolute atomic E-state index is 13.5. The highest BCUT2D eigenvalue weighted by atomic mass is 32.2. The van der Waals surface area contributed by atoms with Crippen LogP contribution in [-0.2, 0) is 22.4 Å². The van der Waals surface area contributed by atoms with E-state index in [0.717, 1.165) is 34.6 Å². The highest BCUT2D eigenvalue weighted by Gasteiger charge is 2.43. The fraction of sp³-hybridized carbons (Fsp3) is 0.440. The molecule has 0 unspecified atom stereocenters. The summed E-state index contributed by atoms with van der Waals surface area (Å²) in [5.74, 6) is -0.766. The molecule has 2 atom stereocenters. The lowest BCUT2D eigenvalue weighted by molar-refractivity contribution is -0.120. The zero-order valence-corrected chi connectivity index (χ0v) is 21.1. The molecule has 4 rings (SSSR count). The van der Waals surface area contributed by atoms with Crippen LogP contribution in [0.3, 0.4) is 0 Å². The molecule has 2 aromatic rings. The highest BCUT2D eigenvalue weighted by Crippen LogP contribution is 2.40. The number of nitrogens with one attached hydrogen (secondary N) is 1. The summed E-state index contributed by atoms with van der Waals surface area (Å²) in [4.78, 5) is 54.7. The monoisotopic (exact) mass is 500 g/mol. The van der Waals surface area contributed by atoms with Gasteiger partial charge in [-0.25, -0.2) is 4.79 Å². The van der Waals surface area contributed by atoms with E-state index < -0.39 is 29.7 Å². The third-order valence-electron chi connectivity index (χ3n) is 6.26. The summed E-state index contributed by atoms with van der Waals surface area (Å²) < 4.78 is 5.30. The van der Waals surface area contributed by atoms with Gasteiger partial charge in [0.1, 0.15) is 11.0 Å². The van der Waals surface area contributed by atoms with Gasteiger partial charge in [0.15, 0.2) is 0 Å². The summed E-state index contributed by atoms with van der Waals surface area (Å²) >= 11 is 2.93. The molecule has 1 aromatic carbocycles. The molecule has 0 bridgehead atoms. The molecule has 180 valence electrons. The van der Waals surface area contributed by atoms with Crippen molar-refractivity contribution in [3.05, 3.63) is 51.4 Å². The minimum Gasteiger partial charge on any atom is -0.462 e. The first-order chi connectivity index (χ1) is 16.4. The normalized spacial score (nSPS) is 17.9. The molecule has 1 aliphatic heterocycles. The molecule has 0 radical (unpaired) electrons. The third kappa shape index (κ3) is 4.51. The molecule has 0 spiro atoms. The fourth-order valence-electron chi connectivity index (χ4n) is 4.55. The molecule has 0 fully saturated rings. The summed E-state index contributed by atoms with van der Waals surface area (Å²) in [5.41, 5.74) is 1.97. The van der Waals surface area contributed by atoms with Gasteiger partial charge in [-0.1, -0.05) is 19.1 Å². The van der Waals surface area contributed by atoms with Gasteiger partial charge in [0.25, 0.3) is 11.8 Å². The fourth-order valence-corrected chi connectivity index (χ4v) is 6.41. The number of carbonyl (C=O) groups is 4. The topological polar surface area (TPSA) is 92.8 Å². The molecule has 2 aliphatic rings. The molecular weight excluding hydrogens is 472 g/mol. The molecule has 1 aliphatic carbocycles. The summed E-state index contributed by atoms with van der Waals surface area (Å²) in [6, 6.07) is 5.63. The summed E-state index contributed by atoms with van der Waals surface area (Å²) in [5, 5.41) is 3.34. The molecule has 3 amide bonds. The number of carbonyl (C=O) groups excluding carboxylic acids is 4. The molecule has 0 saturated carbocycles. The number of thiophene rings is 1. The Kier molecular flexibility index (Phi) is 7.42. The van der Waals surface area contributed by atoms with Crippen LogP contribution in [0.5, 0.6) is 0 Å². The Morgan fingerprint density at radius 2 is 1.91 bits per heavy atom. The first kappa shape index (κ1) is 24.5. The second kappa shape index (κ2) is 10.3. The number of rotatable bonds is 8. The van der Waals surface area contributed by atoms with E-state index in [0.29, 0.717) is 39.8 Å². The lowest BCUT2D eigenvalue weighted by Gasteiger charge is -2.25. The molecule has 0 saturated heterocycles. The predicted octanol–water partition coefficient (Wildman–Crippen LogP) is 4.41. The van der Waals surface area contributed by atoms with E-state index in [1.54, 1.807) is 31.2 Å². The Bertz CT molecular complexity index is 1110. The average molecular weight is 501 g/mol. The minimum atomic E-state index is -0.979. The van der Waals surface area contributed by atoms with Crippen LogP contribution in [-0.4, -0.2) is 53.2 Å². The van der Waals surface area contributed by atoms with E-state index in [9.17, 15) is 19.2 Å². The van der Waals surface area contributed by atoms with Crippen molar-refractivity contribution in [2.45, 2.75) is 45.6 Å². The Morgan fingerprint density at radius 3 is 2.53 bits per heavy atom. The first-order valence-electron chi connectivity index (χ1n) is 11.5. The molecular formula is C25H28N2O5S2. The predicted molar refractivity (Wildman–Crippen MR) is 134 cm³/mol. The Morgan fingerprint density at radius 1 is 1.24 bits per heavy atom. The number of benzene rings is 1. The van der Waals surface area contributed by atoms with E-state index in [4.69, 9.17) is 4.74 Å². The average Bonchev–Trinajstić information content (AvgIpc) is 3.29. The van der Waals surface area contributed by atoms with Gasteiger partial charge in [0, 0.05) is 4.88 Å². The van der Waals surface area contributed by atoms with Crippen LogP contribution >= 0.6 is 23.1 Å². The van der Waals surface area contributed by atoms with Crippen molar-refractivity contribution in [3.63, 3.8) is 0 Å². The quantitative estimate of drug-likeness (QED) is 0.426. The minimum absolute atomic E-state index is 0.235. The number of thioether (sulfide) groups is 1. The van der Waals surface area contributed by atoms with Crippen molar-refractivity contribution in [1.29, 1.82) is 0 Å². The van der Waals surface area contributed by atoms with Gasteiger partial charge in [-0.3, -0.25) is 19.3 Å². The van der Waals surface area contributed by atoms with E-state index in [-0.39, 0.29) is 6.61 Å². The van der Waals surface area contributed by atoms with E-state index in [1.165, 1.54) is 23.1 Å². The number of imide groups is 1. The Hall–Kier alpha value is -2.65. The maximum atomic E-state index is 13.5. The van der Waals surface area contributed by atoms with Crippen molar-refractivity contribution in [2.75, 3.05) is 23.9 Å². The lowest BCUT2D eigenvalue weighted by Crippen LogP contribution is -2.47. The van der Waals surface area contributed by atoms with Gasteiger partial charge >= 0.3 is 5.97 Å². The first-order valence-corrected chi connectivity index (χ1v) is 13.7. The van der Waals surface area contributed by atoms with E-state index in [2.05, 4.69) is 12.2 Å². The number of fused-ring (bicyclic) bond motifs is 2. The van der Waals surface area contributed by atoms with Gasteiger partial charge < -0.3 is 10.1 Å². The summed E-state index contributed by atoms with van der Waals surface area (Å²) in [6.45, 7) is 4.15. The van der Waals surface area contributed by atoms with Crippen molar-refractivity contribution < 1.29 is 23.9 Å². The molecule has 34 heavy (non-hydrogen) atoms. The van der Waals surface area contributed by atoms with Crippen LogP contribution in [0, 0.1) is 5.92 Å². The van der Waals surface area contributed by atoms with Gasteiger partial charge in [-0.05, 0) is 68.2 Å². The highest BCUT2D eigenvalue weighted by molar-refractivity contribution is 7.98. The number of amides is 3. The van der Waals surface area contributed by atoms with Crippen LogP contribution in [0.25, 0.3) is 0 Å². The zero-order chi connectivity index (χ0) is 24.4. The van der Waals surface area contributed by atoms with Crippen LogP contribution in [0.2, 0.25) is 0 Å². The van der Waals surface area contributed by atoms with Crippen LogP contribution in [0.15, 0.2) is 24.3 Å². The Labute approximate surface area is 207 Å². The van der Waals surface area contributed by atoms with Crippen LogP contribution < -0.4 is 5.32 Å². The molecule has 1 aromatic heterocycles. The number of ether oxygens (including phenoxy) is 1. The smallest absolute Gasteiger partial charge is 0.341 e. The summed E-state index contributed by atoms with van der Waals surface area (Å²) in [7, 11) is 0. The number of hydrogen-bond acceptors (Lipinski definition) is 7. The Balaban J connectivity index is 1.66. The maximum Gasteiger partial charge on any atom is 0.341 e. The van der Waals surface area contributed by atoms with Gasteiger partial charge in [-0.2, -0.15) is 11.8 Å². The van der Waals surface area contributed by atoms with Gasteiger partial charge in [0.05, 0.1) is 23.3 Å². The van der Waals surface area contributed by atoms with E-state index in [1.807, 2.05) is 6.26 Å². The van der Waals surface area contributed by atoms with Crippen molar-refractivity contribution in [2.24, 2.45) is 5.92 Å². The van der Waals surface area contributed by atoms with Crippen molar-refractivity contribution in [3.8, 4) is 0 Å². The van der Waals surface area contributed by atoms with Crippen molar-refractivity contribution in [1.82, 2.24) is 4.90 Å². The third-order valence-corrected chi connectivity index (χ3v) is 8.08. The standard InChI is InChI=1S/C25H28N2O5S2/c1-4-32-25(31)20-17-10-9-14(2)13-19(17)34-22(20)26-21(28)18(11-12-33-3)27-23(29)15-7-5-6-8-16(15)24(27)30/h5-8,14,18H,4,9-13H2,1-3H3,(H,26,28)/t14-,18-/m1/s1. The lowest BCUT2D eigenvalue weighted by atomic mass is 9.88. The number of anilines is 1. The van der Waals surface area contributed by atoms with E-state index >= 15 is 0 Å². The molecule has 9 heteroatoms. The van der Waals surface area contributed by atoms with Crippen molar-refractivity contribution >= 4 is 51.8 Å². The second-order valence-electron chi connectivity index (χ2n) is 8.59. The number of esters is 1. The van der Waals surface area contributed by atoms with Gasteiger partial charge in [0.2, 0.25) is 5.91 Å². The molecule has 1 N–H and O–H groups in total.